The van der Waals surface area contributed by atoms with Crippen LogP contribution >= 0.6 is 0 Å². The molecule has 0 spiro atoms. The van der Waals surface area contributed by atoms with Crippen LogP contribution in [0, 0.1) is 0 Å². The molecule has 1 aliphatic heterocycles. The van der Waals surface area contributed by atoms with Crippen molar-refractivity contribution in [1.82, 2.24) is 9.80 Å². The number of furan rings is 1. The van der Waals surface area contributed by atoms with Crippen molar-refractivity contribution in [2.24, 2.45) is 0 Å². The Bertz CT molecular complexity index is 767. The van der Waals surface area contributed by atoms with Crippen molar-refractivity contribution < 1.29 is 23.8 Å². The molecule has 1 aromatic heterocycles. The summed E-state index contributed by atoms with van der Waals surface area (Å²) in [5.74, 6) is -0.556. The molecule has 1 amide bonds. The first kappa shape index (κ1) is 18.3. The molecule has 3 rings (SSSR count). The second-order valence-corrected chi connectivity index (χ2v) is 7.43. The average molecular weight is 360 g/mol. The number of carbonyl (C=O) groups excluding carboxylic acids is 1. The fraction of sp³-hybridized carbons (Fsp3) is 0.474. The number of nitrogens with zero attached hydrogens (tertiary/aromatic N) is 2. The van der Waals surface area contributed by atoms with Crippen LogP contribution in [-0.4, -0.2) is 58.7 Å². The van der Waals surface area contributed by atoms with Crippen LogP contribution in [0.25, 0.3) is 11.0 Å². The van der Waals surface area contributed by atoms with Gasteiger partial charge in [-0.25, -0.2) is 4.79 Å². The highest BCUT2D eigenvalue weighted by atomic mass is 16.6. The van der Waals surface area contributed by atoms with E-state index in [1.54, 1.807) is 11.0 Å². The molecule has 7 heteroatoms. The Morgan fingerprint density at radius 2 is 1.81 bits per heavy atom. The summed E-state index contributed by atoms with van der Waals surface area (Å²) in [5.41, 5.74) is 0.118. The first-order valence-electron chi connectivity index (χ1n) is 8.68. The number of carboxylic acids is 1. The highest BCUT2D eigenvalue weighted by molar-refractivity contribution is 5.81. The van der Waals surface area contributed by atoms with Gasteiger partial charge in [0.1, 0.15) is 16.9 Å². The van der Waals surface area contributed by atoms with Crippen LogP contribution in [0.4, 0.5) is 4.79 Å². The van der Waals surface area contributed by atoms with Gasteiger partial charge in [0, 0.05) is 31.6 Å². The first-order chi connectivity index (χ1) is 12.2. The van der Waals surface area contributed by atoms with E-state index < -0.39 is 17.6 Å². The number of rotatable bonds is 3. The summed E-state index contributed by atoms with van der Waals surface area (Å²) >= 11 is 0. The van der Waals surface area contributed by atoms with Crippen molar-refractivity contribution in [3.05, 3.63) is 36.1 Å². The van der Waals surface area contributed by atoms with Crippen molar-refractivity contribution >= 4 is 23.0 Å². The zero-order chi connectivity index (χ0) is 18.9. The summed E-state index contributed by atoms with van der Waals surface area (Å²) in [6, 6.07) is 8.35. The van der Waals surface area contributed by atoms with Gasteiger partial charge in [-0.3, -0.25) is 9.69 Å². The van der Waals surface area contributed by atoms with Crippen molar-refractivity contribution in [3.8, 4) is 0 Å². The van der Waals surface area contributed by atoms with Gasteiger partial charge in [-0.1, -0.05) is 18.2 Å². The Morgan fingerprint density at radius 3 is 2.38 bits per heavy atom. The fourth-order valence-electron chi connectivity index (χ4n) is 3.08. The van der Waals surface area contributed by atoms with Crippen LogP contribution in [0.1, 0.15) is 32.6 Å². The standard InChI is InChI=1S/C19H24N2O5/c1-19(2,3)26-18(24)21-10-8-20(9-11-21)16(17(22)23)15-12-13-6-4-5-7-14(13)25-15/h4-7,12,16H,8-11H2,1-3H3,(H,22,23). The highest BCUT2D eigenvalue weighted by Crippen LogP contribution is 2.29. The SMILES string of the molecule is CC(C)(C)OC(=O)N1CCN(C(C(=O)O)c2cc3ccccc3o2)CC1. The molecule has 0 radical (unpaired) electrons. The predicted molar refractivity (Wildman–Crippen MR) is 96.0 cm³/mol. The lowest BCUT2D eigenvalue weighted by Gasteiger charge is -2.37. The van der Waals surface area contributed by atoms with E-state index in [-0.39, 0.29) is 6.09 Å². The maximum Gasteiger partial charge on any atom is 0.410 e. The van der Waals surface area contributed by atoms with Gasteiger partial charge < -0.3 is 19.2 Å². The maximum absolute atomic E-state index is 12.2. The largest absolute Gasteiger partial charge is 0.480 e. The van der Waals surface area contributed by atoms with Gasteiger partial charge in [-0.15, -0.1) is 0 Å². The quantitative estimate of drug-likeness (QED) is 0.905. The average Bonchev–Trinajstić information content (AvgIpc) is 2.97. The van der Waals surface area contributed by atoms with Gasteiger partial charge in [-0.05, 0) is 32.9 Å². The normalized spacial score (nSPS) is 17.3. The van der Waals surface area contributed by atoms with E-state index in [0.717, 1.165) is 5.39 Å². The molecular weight excluding hydrogens is 336 g/mol. The summed E-state index contributed by atoms with van der Waals surface area (Å²) in [7, 11) is 0. The molecule has 1 fully saturated rings. The third-order valence-corrected chi connectivity index (χ3v) is 4.28. The van der Waals surface area contributed by atoms with Gasteiger partial charge >= 0.3 is 12.1 Å². The second-order valence-electron chi connectivity index (χ2n) is 7.43. The number of amides is 1. The number of hydrogen-bond acceptors (Lipinski definition) is 5. The number of para-hydroxylation sites is 1. The molecule has 0 aliphatic carbocycles. The van der Waals surface area contributed by atoms with Gasteiger partial charge in [0.2, 0.25) is 0 Å². The number of carboxylic acid groups (broad SMARTS) is 1. The van der Waals surface area contributed by atoms with Crippen molar-refractivity contribution in [2.45, 2.75) is 32.4 Å². The van der Waals surface area contributed by atoms with E-state index in [1.165, 1.54) is 0 Å². The molecule has 1 aliphatic rings. The molecule has 26 heavy (non-hydrogen) atoms. The molecule has 1 N–H and O–H groups in total. The van der Waals surface area contributed by atoms with Gasteiger partial charge in [0.15, 0.2) is 6.04 Å². The molecule has 1 unspecified atom stereocenters. The smallest absolute Gasteiger partial charge is 0.410 e. The van der Waals surface area contributed by atoms with E-state index in [9.17, 15) is 14.7 Å². The number of aliphatic carboxylic acids is 1. The van der Waals surface area contributed by atoms with E-state index in [4.69, 9.17) is 9.15 Å². The molecular formula is C19H24N2O5. The lowest BCUT2D eigenvalue weighted by Crippen LogP contribution is -2.51. The molecule has 7 nitrogen and oxygen atoms in total. The minimum atomic E-state index is -0.963. The molecule has 1 atom stereocenters. The van der Waals surface area contributed by atoms with Crippen molar-refractivity contribution in [3.63, 3.8) is 0 Å². The summed E-state index contributed by atoms with van der Waals surface area (Å²) < 4.78 is 11.1. The molecule has 0 saturated carbocycles. The molecule has 140 valence electrons. The van der Waals surface area contributed by atoms with E-state index >= 15 is 0 Å². The Morgan fingerprint density at radius 1 is 1.15 bits per heavy atom. The van der Waals surface area contributed by atoms with Crippen molar-refractivity contribution in [2.75, 3.05) is 26.2 Å². The number of ether oxygens (including phenoxy) is 1. The van der Waals surface area contributed by atoms with E-state index in [2.05, 4.69) is 0 Å². The van der Waals surface area contributed by atoms with Gasteiger partial charge in [0.05, 0.1) is 0 Å². The highest BCUT2D eigenvalue weighted by Gasteiger charge is 2.34. The Balaban J connectivity index is 1.71. The molecule has 0 bridgehead atoms. The fourth-order valence-corrected chi connectivity index (χ4v) is 3.08. The zero-order valence-corrected chi connectivity index (χ0v) is 15.3. The van der Waals surface area contributed by atoms with Crippen molar-refractivity contribution in [1.29, 1.82) is 0 Å². The monoisotopic (exact) mass is 360 g/mol. The number of fused-ring (bicyclic) bond motifs is 1. The van der Waals surface area contributed by atoms with Crippen LogP contribution < -0.4 is 0 Å². The number of benzene rings is 1. The van der Waals surface area contributed by atoms with Crippen LogP contribution in [0.15, 0.2) is 34.7 Å². The third kappa shape index (κ3) is 3.99. The Labute approximate surface area is 152 Å². The lowest BCUT2D eigenvalue weighted by molar-refractivity contribution is -0.145. The predicted octanol–water partition coefficient (Wildman–Crippen LogP) is 3.11. The minimum Gasteiger partial charge on any atom is -0.480 e. The minimum absolute atomic E-state index is 0.368. The Kier molecular flexibility index (Phi) is 4.91. The van der Waals surface area contributed by atoms with Crippen LogP contribution in [0.3, 0.4) is 0 Å². The first-order valence-corrected chi connectivity index (χ1v) is 8.68. The number of piperazine rings is 1. The Hall–Kier alpha value is -2.54. The summed E-state index contributed by atoms with van der Waals surface area (Å²) in [6.45, 7) is 7.17. The molecule has 2 aromatic rings. The van der Waals surface area contributed by atoms with Crippen LogP contribution in [-0.2, 0) is 9.53 Å². The van der Waals surface area contributed by atoms with Crippen LogP contribution in [0.2, 0.25) is 0 Å². The zero-order valence-electron chi connectivity index (χ0n) is 15.3. The second kappa shape index (κ2) is 6.99. The lowest BCUT2D eigenvalue weighted by atomic mass is 10.1. The summed E-state index contributed by atoms with van der Waals surface area (Å²) in [6.07, 6.45) is -0.368. The maximum atomic E-state index is 12.2. The van der Waals surface area contributed by atoms with Gasteiger partial charge in [0.25, 0.3) is 0 Å². The number of carbonyl (C=O) groups is 2. The van der Waals surface area contributed by atoms with E-state index in [0.29, 0.717) is 37.5 Å². The summed E-state index contributed by atoms with van der Waals surface area (Å²) in [5, 5.41) is 10.6. The van der Waals surface area contributed by atoms with Crippen LogP contribution in [0.5, 0.6) is 0 Å². The molecule has 1 saturated heterocycles. The van der Waals surface area contributed by atoms with E-state index in [1.807, 2.05) is 49.9 Å². The molecule has 2 heterocycles. The third-order valence-electron chi connectivity index (χ3n) is 4.28. The summed E-state index contributed by atoms with van der Waals surface area (Å²) in [4.78, 5) is 27.5. The molecule has 1 aromatic carbocycles. The van der Waals surface area contributed by atoms with Gasteiger partial charge in [-0.2, -0.15) is 0 Å². The number of hydrogen-bond donors (Lipinski definition) is 1. The topological polar surface area (TPSA) is 83.2 Å².